The van der Waals surface area contributed by atoms with E-state index in [0.717, 1.165) is 5.56 Å². The first-order valence-electron chi connectivity index (χ1n) is 8.28. The van der Waals surface area contributed by atoms with Crippen LogP contribution in [0.15, 0.2) is 65.1 Å². The van der Waals surface area contributed by atoms with Crippen LogP contribution in [0, 0.1) is 5.82 Å². The Bertz CT molecular complexity index is 998. The maximum Gasteiger partial charge on any atom is 0.255 e. The van der Waals surface area contributed by atoms with E-state index in [0.29, 0.717) is 22.6 Å². The van der Waals surface area contributed by atoms with Crippen LogP contribution in [0.25, 0.3) is 0 Å². The van der Waals surface area contributed by atoms with Gasteiger partial charge in [0, 0.05) is 10.0 Å². The average Bonchev–Trinajstić information content (AvgIpc) is 2.69. The number of carbonyl (C=O) groups is 1. The van der Waals surface area contributed by atoms with Crippen molar-refractivity contribution in [1.82, 2.24) is 0 Å². The monoisotopic (exact) mass is 463 g/mol. The Morgan fingerprint density at radius 1 is 1.14 bits per heavy atom. The van der Waals surface area contributed by atoms with Crippen molar-refractivity contribution < 1.29 is 18.7 Å². The van der Waals surface area contributed by atoms with Gasteiger partial charge in [-0.25, -0.2) is 4.39 Å². The van der Waals surface area contributed by atoms with Crippen LogP contribution in [-0.4, -0.2) is 13.0 Å². The maximum atomic E-state index is 14.0. The first kappa shape index (κ1) is 20.2. The second-order valence-corrected chi connectivity index (χ2v) is 7.16. The molecular formula is C21H16BrClFNO3. The lowest BCUT2D eigenvalue weighted by Gasteiger charge is -2.14. The fourth-order valence-corrected chi connectivity index (χ4v) is 3.10. The van der Waals surface area contributed by atoms with E-state index in [1.54, 1.807) is 6.07 Å². The summed E-state index contributed by atoms with van der Waals surface area (Å²) >= 11 is 9.49. The molecule has 0 aromatic heterocycles. The van der Waals surface area contributed by atoms with Crippen LogP contribution in [0.4, 0.5) is 10.1 Å². The van der Waals surface area contributed by atoms with Crippen LogP contribution in [0.3, 0.4) is 0 Å². The number of carbonyl (C=O) groups excluding carboxylic acids is 1. The first-order chi connectivity index (χ1) is 13.5. The van der Waals surface area contributed by atoms with Gasteiger partial charge in [0.1, 0.15) is 12.4 Å². The molecule has 1 amide bonds. The molecule has 0 spiro atoms. The SMILES string of the molecule is COc1cc(C(=O)Nc2ccc(Br)cc2F)cc(Cl)c1OCc1ccccc1. The van der Waals surface area contributed by atoms with Gasteiger partial charge < -0.3 is 14.8 Å². The summed E-state index contributed by atoms with van der Waals surface area (Å²) in [7, 11) is 1.46. The quantitative estimate of drug-likeness (QED) is 0.481. The van der Waals surface area contributed by atoms with Crippen molar-refractivity contribution in [2.45, 2.75) is 6.61 Å². The molecule has 4 nitrogen and oxygen atoms in total. The van der Waals surface area contributed by atoms with E-state index < -0.39 is 11.7 Å². The molecule has 0 saturated heterocycles. The normalized spacial score (nSPS) is 10.4. The molecule has 0 aliphatic rings. The van der Waals surface area contributed by atoms with E-state index in [-0.39, 0.29) is 16.3 Å². The third-order valence-electron chi connectivity index (χ3n) is 3.90. The fourth-order valence-electron chi connectivity index (χ4n) is 2.51. The van der Waals surface area contributed by atoms with Crippen molar-refractivity contribution in [3.8, 4) is 11.5 Å². The molecule has 0 saturated carbocycles. The molecule has 0 atom stereocenters. The Morgan fingerprint density at radius 2 is 1.89 bits per heavy atom. The summed E-state index contributed by atoms with van der Waals surface area (Å²) in [6, 6.07) is 16.9. The number of hydrogen-bond donors (Lipinski definition) is 1. The van der Waals surface area contributed by atoms with Gasteiger partial charge in [-0.05, 0) is 35.9 Å². The Labute approximate surface area is 175 Å². The van der Waals surface area contributed by atoms with E-state index in [1.807, 2.05) is 30.3 Å². The topological polar surface area (TPSA) is 47.6 Å². The zero-order chi connectivity index (χ0) is 20.1. The van der Waals surface area contributed by atoms with Gasteiger partial charge in [-0.1, -0.05) is 57.9 Å². The average molecular weight is 465 g/mol. The maximum absolute atomic E-state index is 14.0. The van der Waals surface area contributed by atoms with Gasteiger partial charge in [-0.3, -0.25) is 4.79 Å². The third kappa shape index (κ3) is 4.82. The molecule has 0 aliphatic heterocycles. The summed E-state index contributed by atoms with van der Waals surface area (Å²) in [6.45, 7) is 0.298. The Kier molecular flexibility index (Phi) is 6.54. The van der Waals surface area contributed by atoms with Crippen molar-refractivity contribution in [2.24, 2.45) is 0 Å². The van der Waals surface area contributed by atoms with Gasteiger partial charge in [0.15, 0.2) is 11.5 Å². The second kappa shape index (κ2) is 9.08. The molecule has 1 N–H and O–H groups in total. The Hall–Kier alpha value is -2.57. The summed E-state index contributed by atoms with van der Waals surface area (Å²) in [5.41, 5.74) is 1.25. The van der Waals surface area contributed by atoms with Crippen LogP contribution in [0.5, 0.6) is 11.5 Å². The number of hydrogen-bond acceptors (Lipinski definition) is 3. The molecule has 0 bridgehead atoms. The number of amides is 1. The number of benzene rings is 3. The molecule has 28 heavy (non-hydrogen) atoms. The zero-order valence-corrected chi connectivity index (χ0v) is 17.2. The van der Waals surface area contributed by atoms with Crippen LogP contribution >= 0.6 is 27.5 Å². The standard InChI is InChI=1S/C21H16BrClFNO3/c1-27-19-10-14(21(26)25-18-8-7-15(22)11-17(18)24)9-16(23)20(19)28-12-13-5-3-2-4-6-13/h2-11H,12H2,1H3,(H,25,26). The fraction of sp³-hybridized carbons (Fsp3) is 0.0952. The van der Waals surface area contributed by atoms with Gasteiger partial charge in [-0.15, -0.1) is 0 Å². The van der Waals surface area contributed by atoms with E-state index in [1.165, 1.54) is 31.4 Å². The minimum absolute atomic E-state index is 0.0627. The molecule has 3 rings (SSSR count). The number of nitrogens with one attached hydrogen (secondary N) is 1. The predicted octanol–water partition coefficient (Wildman–Crippen LogP) is 6.08. The molecular weight excluding hydrogens is 449 g/mol. The van der Waals surface area contributed by atoms with Crippen molar-refractivity contribution in [3.05, 3.63) is 87.1 Å². The molecule has 3 aromatic carbocycles. The highest BCUT2D eigenvalue weighted by atomic mass is 79.9. The Balaban J connectivity index is 1.80. The summed E-state index contributed by atoms with van der Waals surface area (Å²) in [5.74, 6) is -0.427. The highest BCUT2D eigenvalue weighted by Gasteiger charge is 2.17. The highest BCUT2D eigenvalue weighted by Crippen LogP contribution is 2.37. The summed E-state index contributed by atoms with van der Waals surface area (Å²) in [5, 5.41) is 2.74. The molecule has 0 aliphatic carbocycles. The van der Waals surface area contributed by atoms with Crippen molar-refractivity contribution in [3.63, 3.8) is 0 Å². The van der Waals surface area contributed by atoms with Crippen molar-refractivity contribution in [1.29, 1.82) is 0 Å². The largest absolute Gasteiger partial charge is 0.493 e. The van der Waals surface area contributed by atoms with Crippen LogP contribution in [0.1, 0.15) is 15.9 Å². The van der Waals surface area contributed by atoms with Gasteiger partial charge >= 0.3 is 0 Å². The summed E-state index contributed by atoms with van der Waals surface area (Å²) in [4.78, 5) is 12.5. The number of rotatable bonds is 6. The van der Waals surface area contributed by atoms with Gasteiger partial charge in [0.2, 0.25) is 0 Å². The highest BCUT2D eigenvalue weighted by molar-refractivity contribution is 9.10. The zero-order valence-electron chi connectivity index (χ0n) is 14.8. The molecule has 144 valence electrons. The number of ether oxygens (including phenoxy) is 2. The van der Waals surface area contributed by atoms with Gasteiger partial charge in [0.05, 0.1) is 17.8 Å². The molecule has 0 unspecified atom stereocenters. The minimum atomic E-state index is -0.552. The van der Waals surface area contributed by atoms with Gasteiger partial charge in [-0.2, -0.15) is 0 Å². The molecule has 0 heterocycles. The molecule has 0 radical (unpaired) electrons. The van der Waals surface area contributed by atoms with E-state index in [2.05, 4.69) is 21.2 Å². The van der Waals surface area contributed by atoms with Crippen LogP contribution < -0.4 is 14.8 Å². The van der Waals surface area contributed by atoms with Crippen molar-refractivity contribution >= 4 is 39.1 Å². The predicted molar refractivity (Wildman–Crippen MR) is 111 cm³/mol. The number of anilines is 1. The molecule has 0 fully saturated rings. The second-order valence-electron chi connectivity index (χ2n) is 5.84. The van der Waals surface area contributed by atoms with E-state index in [4.69, 9.17) is 21.1 Å². The third-order valence-corrected chi connectivity index (χ3v) is 4.67. The summed E-state index contributed by atoms with van der Waals surface area (Å²) < 4.78 is 25.6. The molecule has 3 aromatic rings. The van der Waals surface area contributed by atoms with E-state index in [9.17, 15) is 9.18 Å². The van der Waals surface area contributed by atoms with Crippen LogP contribution in [-0.2, 0) is 6.61 Å². The number of halogens is 3. The van der Waals surface area contributed by atoms with Gasteiger partial charge in [0.25, 0.3) is 5.91 Å². The molecule has 7 heteroatoms. The summed E-state index contributed by atoms with van der Waals surface area (Å²) in [6.07, 6.45) is 0. The van der Waals surface area contributed by atoms with E-state index >= 15 is 0 Å². The minimum Gasteiger partial charge on any atom is -0.493 e. The Morgan fingerprint density at radius 3 is 2.57 bits per heavy atom. The lowest BCUT2D eigenvalue weighted by Crippen LogP contribution is -2.13. The first-order valence-corrected chi connectivity index (χ1v) is 9.45. The van der Waals surface area contributed by atoms with Crippen LogP contribution in [0.2, 0.25) is 5.02 Å². The lowest BCUT2D eigenvalue weighted by atomic mass is 10.1. The lowest BCUT2D eigenvalue weighted by molar-refractivity contribution is 0.102. The smallest absolute Gasteiger partial charge is 0.255 e. The van der Waals surface area contributed by atoms with Crippen molar-refractivity contribution in [2.75, 3.05) is 12.4 Å². The number of methoxy groups -OCH3 is 1.